The highest BCUT2D eigenvalue weighted by molar-refractivity contribution is 5.85. The Balaban J connectivity index is 0.00000353. The number of halogens is 2. The lowest BCUT2D eigenvalue weighted by Crippen LogP contribution is -2.50. The van der Waals surface area contributed by atoms with Crippen LogP contribution in [0.4, 0.5) is 10.1 Å². The van der Waals surface area contributed by atoms with Gasteiger partial charge in [0.15, 0.2) is 5.76 Å². The third kappa shape index (κ3) is 7.20. The molecule has 0 unspecified atom stereocenters. The second-order valence-electron chi connectivity index (χ2n) is 11.8. The van der Waals surface area contributed by atoms with Crippen LogP contribution in [0.25, 0.3) is 11.3 Å². The van der Waals surface area contributed by atoms with Gasteiger partial charge in [0.25, 0.3) is 0 Å². The van der Waals surface area contributed by atoms with Gasteiger partial charge in [-0.2, -0.15) is 0 Å². The summed E-state index contributed by atoms with van der Waals surface area (Å²) in [7, 11) is 0. The van der Waals surface area contributed by atoms with Crippen LogP contribution in [0, 0.1) is 17.7 Å². The molecule has 0 radical (unpaired) electrons. The van der Waals surface area contributed by atoms with E-state index in [0.717, 1.165) is 61.7 Å². The van der Waals surface area contributed by atoms with Crippen LogP contribution < -0.4 is 10.2 Å². The van der Waals surface area contributed by atoms with Crippen LogP contribution in [-0.2, 0) is 16.6 Å². The zero-order valence-electron chi connectivity index (χ0n) is 23.2. The molecular weight excluding hydrogens is 515 g/mol. The Morgan fingerprint density at radius 1 is 1.03 bits per heavy atom. The Kier molecular flexibility index (Phi) is 9.34. The largest absolute Gasteiger partial charge is 0.368 e. The summed E-state index contributed by atoms with van der Waals surface area (Å²) in [5.41, 5.74) is 4.39. The van der Waals surface area contributed by atoms with E-state index < -0.39 is 0 Å². The van der Waals surface area contributed by atoms with Gasteiger partial charge in [-0.1, -0.05) is 50.2 Å². The number of hydrogen-bond donors (Lipinski definition) is 1. The standard InChI is InChI=1S/C31H39FN4O2.ClH/c1-31(2,3)25-6-4-22(5-7-25)29-20-27(34-38-29)18-24-21-33-13-12-23(24)19-30(37)36-16-14-35(15-17-36)28-10-8-26(32)9-11-28;/h4-11,20,23-24,33H,12-19,21H2,1-3H3;1H/t23-,24-;/m0./s1. The SMILES string of the molecule is CC(C)(C)c1ccc(-c2cc(C[C@H]3CNCC[C@H]3CC(=O)N3CCN(c4ccc(F)cc4)CC3)no2)cc1.Cl. The topological polar surface area (TPSA) is 61.6 Å². The van der Waals surface area contributed by atoms with Crippen molar-refractivity contribution in [2.24, 2.45) is 11.8 Å². The van der Waals surface area contributed by atoms with Crippen LogP contribution >= 0.6 is 12.4 Å². The molecule has 3 aromatic rings. The molecule has 39 heavy (non-hydrogen) atoms. The number of hydrogen-bond acceptors (Lipinski definition) is 5. The Morgan fingerprint density at radius 3 is 2.38 bits per heavy atom. The molecule has 1 amide bonds. The molecule has 2 fully saturated rings. The molecule has 3 heterocycles. The number of aromatic nitrogens is 1. The van der Waals surface area contributed by atoms with E-state index in [1.165, 1.54) is 17.7 Å². The van der Waals surface area contributed by atoms with Crippen molar-refractivity contribution in [3.8, 4) is 11.3 Å². The van der Waals surface area contributed by atoms with Crippen LogP contribution in [0.2, 0.25) is 0 Å². The van der Waals surface area contributed by atoms with Crippen LogP contribution in [0.1, 0.15) is 44.9 Å². The van der Waals surface area contributed by atoms with Crippen LogP contribution in [0.15, 0.2) is 59.1 Å². The highest BCUT2D eigenvalue weighted by atomic mass is 35.5. The molecule has 6 nitrogen and oxygen atoms in total. The smallest absolute Gasteiger partial charge is 0.222 e. The number of piperazine rings is 1. The maximum Gasteiger partial charge on any atom is 0.222 e. The van der Waals surface area contributed by atoms with Gasteiger partial charge >= 0.3 is 0 Å². The molecule has 8 heteroatoms. The van der Waals surface area contributed by atoms with Gasteiger partial charge in [-0.25, -0.2) is 4.39 Å². The van der Waals surface area contributed by atoms with Gasteiger partial charge in [0, 0.05) is 49.9 Å². The maximum atomic E-state index is 13.3. The first kappa shape index (κ1) is 29.1. The normalized spacial score (nSPS) is 20.0. The van der Waals surface area contributed by atoms with Gasteiger partial charge < -0.3 is 19.6 Å². The van der Waals surface area contributed by atoms with Crippen molar-refractivity contribution in [3.05, 3.63) is 71.7 Å². The highest BCUT2D eigenvalue weighted by Gasteiger charge is 2.31. The Bertz CT molecular complexity index is 1210. The molecule has 0 spiro atoms. The Morgan fingerprint density at radius 2 is 1.72 bits per heavy atom. The van der Waals surface area contributed by atoms with Crippen molar-refractivity contribution >= 4 is 24.0 Å². The van der Waals surface area contributed by atoms with Crippen molar-refractivity contribution in [3.63, 3.8) is 0 Å². The van der Waals surface area contributed by atoms with Gasteiger partial charge in [0.2, 0.25) is 5.91 Å². The van der Waals surface area contributed by atoms with E-state index in [1.54, 1.807) is 0 Å². The van der Waals surface area contributed by atoms with E-state index in [2.05, 4.69) is 60.4 Å². The summed E-state index contributed by atoms with van der Waals surface area (Å²) in [6.45, 7) is 11.4. The molecule has 5 rings (SSSR count). The fourth-order valence-electron chi connectivity index (χ4n) is 5.65. The molecule has 2 aliphatic rings. The lowest BCUT2D eigenvalue weighted by molar-refractivity contribution is -0.133. The van der Waals surface area contributed by atoms with Gasteiger partial charge in [0.05, 0.1) is 5.69 Å². The average molecular weight is 555 g/mol. The second kappa shape index (κ2) is 12.5. The molecule has 2 atom stereocenters. The highest BCUT2D eigenvalue weighted by Crippen LogP contribution is 2.30. The second-order valence-corrected chi connectivity index (χ2v) is 11.8. The Hall–Kier alpha value is -2.90. The molecule has 2 saturated heterocycles. The van der Waals surface area contributed by atoms with E-state index in [-0.39, 0.29) is 29.5 Å². The summed E-state index contributed by atoms with van der Waals surface area (Å²) in [6, 6.07) is 17.2. The molecule has 1 N–H and O–H groups in total. The van der Waals surface area contributed by atoms with Crippen LogP contribution in [-0.4, -0.2) is 55.2 Å². The van der Waals surface area contributed by atoms with E-state index in [0.29, 0.717) is 31.3 Å². The lowest BCUT2D eigenvalue weighted by atomic mass is 9.81. The molecular formula is C31H40ClFN4O2. The average Bonchev–Trinajstić information content (AvgIpc) is 3.38. The molecule has 0 saturated carbocycles. The number of carbonyl (C=O) groups excluding carboxylic acids is 1. The fraction of sp³-hybridized carbons (Fsp3) is 0.484. The Labute approximate surface area is 237 Å². The number of amides is 1. The van der Waals surface area contributed by atoms with Crippen LogP contribution in [0.3, 0.4) is 0 Å². The summed E-state index contributed by atoms with van der Waals surface area (Å²) in [5, 5.41) is 7.88. The summed E-state index contributed by atoms with van der Waals surface area (Å²) < 4.78 is 19.0. The van der Waals surface area contributed by atoms with Gasteiger partial charge in [-0.15, -0.1) is 12.4 Å². The quantitative estimate of drug-likeness (QED) is 0.423. The number of carbonyl (C=O) groups is 1. The first-order valence-electron chi connectivity index (χ1n) is 13.8. The van der Waals surface area contributed by atoms with E-state index >= 15 is 0 Å². The van der Waals surface area contributed by atoms with Gasteiger partial charge in [0.1, 0.15) is 5.82 Å². The number of nitrogens with zero attached hydrogens (tertiary/aromatic N) is 3. The third-order valence-corrected chi connectivity index (χ3v) is 8.09. The van der Waals surface area contributed by atoms with Crippen molar-refractivity contribution < 1.29 is 13.7 Å². The number of rotatable bonds is 6. The summed E-state index contributed by atoms with van der Waals surface area (Å²) in [4.78, 5) is 17.5. The van der Waals surface area contributed by atoms with Crippen molar-refractivity contribution in [2.75, 3.05) is 44.2 Å². The first-order valence-corrected chi connectivity index (χ1v) is 13.8. The first-order chi connectivity index (χ1) is 18.3. The number of nitrogens with one attached hydrogen (secondary N) is 1. The number of piperidine rings is 1. The molecule has 0 bridgehead atoms. The van der Waals surface area contributed by atoms with E-state index in [1.807, 2.05) is 23.1 Å². The lowest BCUT2D eigenvalue weighted by Gasteiger charge is -2.38. The number of benzene rings is 2. The fourth-order valence-corrected chi connectivity index (χ4v) is 5.65. The summed E-state index contributed by atoms with van der Waals surface area (Å²) >= 11 is 0. The molecule has 2 aromatic carbocycles. The van der Waals surface area contributed by atoms with Gasteiger partial charge in [-0.3, -0.25) is 4.79 Å². The summed E-state index contributed by atoms with van der Waals surface area (Å²) in [6.07, 6.45) is 2.36. The van der Waals surface area contributed by atoms with Crippen molar-refractivity contribution in [1.29, 1.82) is 0 Å². The summed E-state index contributed by atoms with van der Waals surface area (Å²) in [5.74, 6) is 1.46. The number of anilines is 1. The van der Waals surface area contributed by atoms with E-state index in [4.69, 9.17) is 4.52 Å². The monoisotopic (exact) mass is 554 g/mol. The molecule has 1 aromatic heterocycles. The minimum atomic E-state index is -0.226. The maximum absolute atomic E-state index is 13.3. The van der Waals surface area contributed by atoms with Crippen molar-refractivity contribution in [2.45, 2.75) is 45.4 Å². The zero-order chi connectivity index (χ0) is 26.7. The predicted octanol–water partition coefficient (Wildman–Crippen LogP) is 5.71. The zero-order valence-corrected chi connectivity index (χ0v) is 24.0. The molecule has 210 valence electrons. The van der Waals surface area contributed by atoms with Crippen molar-refractivity contribution in [1.82, 2.24) is 15.4 Å². The van der Waals surface area contributed by atoms with E-state index in [9.17, 15) is 9.18 Å². The minimum Gasteiger partial charge on any atom is -0.368 e. The third-order valence-electron chi connectivity index (χ3n) is 8.09. The molecule has 0 aliphatic carbocycles. The van der Waals surface area contributed by atoms with Gasteiger partial charge in [-0.05, 0) is 73.0 Å². The molecule has 2 aliphatic heterocycles. The van der Waals surface area contributed by atoms with Crippen LogP contribution in [0.5, 0.6) is 0 Å². The predicted molar refractivity (Wildman–Crippen MR) is 156 cm³/mol. The minimum absolute atomic E-state index is 0.